The Bertz CT molecular complexity index is 1400. The molecule has 0 unspecified atom stereocenters. The van der Waals surface area contributed by atoms with Gasteiger partial charge in [0.15, 0.2) is 0 Å². The Kier molecular flexibility index (Phi) is 12.2. The average molecular weight is 590 g/mol. The van der Waals surface area contributed by atoms with Crippen molar-refractivity contribution in [1.29, 1.82) is 0 Å². The van der Waals surface area contributed by atoms with Crippen LogP contribution in [-0.2, 0) is 25.4 Å². The van der Waals surface area contributed by atoms with E-state index in [1.165, 1.54) is 12.1 Å². The Morgan fingerprint density at radius 1 is 0.762 bits per heavy atom. The summed E-state index contributed by atoms with van der Waals surface area (Å²) in [6.45, 7) is 3.50. The van der Waals surface area contributed by atoms with Crippen LogP contribution in [0.15, 0.2) is 78.9 Å². The van der Waals surface area contributed by atoms with Crippen molar-refractivity contribution in [1.82, 2.24) is 10.3 Å². The monoisotopic (exact) mass is 589 g/mol. The number of para-hydroxylation sites is 1. The van der Waals surface area contributed by atoms with Crippen LogP contribution in [0.1, 0.15) is 5.56 Å². The summed E-state index contributed by atoms with van der Waals surface area (Å²) in [4.78, 5) is 45.2. The fourth-order valence-electron chi connectivity index (χ4n) is 3.58. The van der Waals surface area contributed by atoms with Gasteiger partial charge in [-0.1, -0.05) is 30.3 Å². The van der Waals surface area contributed by atoms with E-state index in [9.17, 15) is 32.3 Å². The lowest BCUT2D eigenvalue weighted by Crippen LogP contribution is -2.43. The van der Waals surface area contributed by atoms with Gasteiger partial charge in [0.25, 0.3) is 0 Å². The third-order valence-corrected chi connectivity index (χ3v) is 5.40. The van der Waals surface area contributed by atoms with Gasteiger partial charge in [-0.15, -0.1) is 0 Å². The molecule has 0 radical (unpaired) electrons. The second-order valence-corrected chi connectivity index (χ2v) is 8.38. The number of nitrogens with zero attached hydrogens (tertiary/aromatic N) is 2. The third kappa shape index (κ3) is 11.1. The number of rotatable bonds is 6. The number of anilines is 1. The number of carboxylic acid groups (broad SMARTS) is 4. The van der Waals surface area contributed by atoms with Crippen molar-refractivity contribution in [3.05, 3.63) is 84.5 Å². The van der Waals surface area contributed by atoms with Crippen LogP contribution in [0, 0.1) is 0 Å². The van der Waals surface area contributed by atoms with Gasteiger partial charge in [0.05, 0.1) is 11.1 Å². The van der Waals surface area contributed by atoms with Crippen molar-refractivity contribution >= 4 is 40.6 Å². The number of piperazine rings is 1. The Labute approximate surface area is 236 Å². The molecular weight excluding hydrogens is 563 g/mol. The molecular formula is C28H26F3N3O8. The number of benzene rings is 2. The highest BCUT2D eigenvalue weighted by atomic mass is 19.4. The molecule has 222 valence electrons. The van der Waals surface area contributed by atoms with Crippen LogP contribution >= 0.6 is 0 Å². The van der Waals surface area contributed by atoms with E-state index in [1.54, 1.807) is 0 Å². The number of aliphatic carboxylic acids is 4. The molecule has 0 saturated carbocycles. The van der Waals surface area contributed by atoms with E-state index < -0.39 is 35.6 Å². The molecule has 1 aliphatic rings. The molecule has 1 aromatic heterocycles. The van der Waals surface area contributed by atoms with Crippen molar-refractivity contribution < 1.29 is 52.8 Å². The molecule has 5 N–H and O–H groups in total. The van der Waals surface area contributed by atoms with Gasteiger partial charge in [0, 0.05) is 55.9 Å². The van der Waals surface area contributed by atoms with Gasteiger partial charge in [0.2, 0.25) is 0 Å². The number of alkyl halides is 3. The maximum absolute atomic E-state index is 12.9. The van der Waals surface area contributed by atoms with Crippen molar-refractivity contribution in [2.45, 2.75) is 6.18 Å². The summed E-state index contributed by atoms with van der Waals surface area (Å²) in [6.07, 6.45) is -2.10. The van der Waals surface area contributed by atoms with Gasteiger partial charge in [-0.25, -0.2) is 24.2 Å². The zero-order valence-electron chi connectivity index (χ0n) is 21.8. The molecule has 0 spiro atoms. The van der Waals surface area contributed by atoms with E-state index in [2.05, 4.69) is 10.2 Å². The van der Waals surface area contributed by atoms with Crippen molar-refractivity contribution in [2.24, 2.45) is 0 Å². The van der Waals surface area contributed by atoms with Gasteiger partial charge in [-0.05, 0) is 35.4 Å². The van der Waals surface area contributed by atoms with Crippen molar-refractivity contribution in [3.63, 3.8) is 0 Å². The highest BCUT2D eigenvalue weighted by molar-refractivity contribution is 5.96. The number of hydrogen-bond acceptors (Lipinski definition) is 7. The number of carboxylic acids is 4. The molecule has 1 saturated heterocycles. The highest BCUT2D eigenvalue weighted by Gasteiger charge is 2.30. The Morgan fingerprint density at radius 3 is 1.69 bits per heavy atom. The Balaban J connectivity index is 0.000000319. The number of fused-ring (bicyclic) bond motifs is 1. The minimum absolute atomic E-state index is 0.558. The van der Waals surface area contributed by atoms with Gasteiger partial charge in [-0.3, -0.25) is 0 Å². The van der Waals surface area contributed by atoms with Crippen LogP contribution < -0.4 is 10.2 Å². The molecule has 0 bridgehead atoms. The Hall–Kier alpha value is -5.24. The van der Waals surface area contributed by atoms with Crippen LogP contribution in [0.2, 0.25) is 0 Å². The maximum Gasteiger partial charge on any atom is 0.416 e. The van der Waals surface area contributed by atoms with E-state index >= 15 is 0 Å². The second-order valence-electron chi connectivity index (χ2n) is 8.38. The number of carbonyl (C=O) groups is 4. The summed E-state index contributed by atoms with van der Waals surface area (Å²) < 4.78 is 38.6. The number of halogens is 3. The topological polar surface area (TPSA) is 177 Å². The molecule has 2 aromatic carbocycles. The van der Waals surface area contributed by atoms with Crippen molar-refractivity contribution in [3.8, 4) is 11.1 Å². The van der Waals surface area contributed by atoms with E-state index in [-0.39, 0.29) is 0 Å². The van der Waals surface area contributed by atoms with E-state index in [1.807, 2.05) is 30.3 Å². The number of pyridine rings is 1. The number of aromatic nitrogens is 1. The summed E-state index contributed by atoms with van der Waals surface area (Å²) >= 11 is 0. The summed E-state index contributed by atoms with van der Waals surface area (Å²) in [6, 6.07) is 15.1. The second kappa shape index (κ2) is 15.5. The SMILES string of the molecule is FC(F)(F)c1ccc(-c2cc(N3CCNCC3)nc3ccccc23)cc1.O=C(O)/C=C\C(=O)O.O=C(O)/C=C\C(=O)O. The van der Waals surface area contributed by atoms with E-state index in [0.29, 0.717) is 24.3 Å². The average Bonchev–Trinajstić information content (AvgIpc) is 2.95. The smallest absolute Gasteiger partial charge is 0.416 e. The molecule has 0 aliphatic carbocycles. The fourth-order valence-corrected chi connectivity index (χ4v) is 3.58. The first-order valence-corrected chi connectivity index (χ1v) is 12.1. The lowest BCUT2D eigenvalue weighted by molar-refractivity contribution is -0.137. The first-order chi connectivity index (χ1) is 19.8. The third-order valence-electron chi connectivity index (χ3n) is 5.40. The molecule has 0 atom stereocenters. The quantitative estimate of drug-likeness (QED) is 0.265. The highest BCUT2D eigenvalue weighted by Crippen LogP contribution is 2.34. The van der Waals surface area contributed by atoms with Crippen LogP contribution in [0.5, 0.6) is 0 Å². The lowest BCUT2D eigenvalue weighted by Gasteiger charge is -2.29. The standard InChI is InChI=1S/C20H18F3N3.2C4H4O4/c21-20(22,23)15-7-5-14(6-8-15)17-13-19(26-11-9-24-10-12-26)25-18-4-2-1-3-16(17)18;2*5-3(6)1-2-4(7)8/h1-8,13,24H,9-12H2;2*1-2H,(H,5,6)(H,7,8)/b;2*2-1-. The molecule has 2 heterocycles. The predicted molar refractivity (Wildman–Crippen MR) is 146 cm³/mol. The maximum atomic E-state index is 12.9. The normalized spacial score (nSPS) is 13.2. The molecule has 3 aromatic rings. The van der Waals surface area contributed by atoms with E-state index in [0.717, 1.165) is 66.2 Å². The fraction of sp³-hybridized carbons (Fsp3) is 0.179. The van der Waals surface area contributed by atoms with Crippen LogP contribution in [0.25, 0.3) is 22.0 Å². The zero-order chi connectivity index (χ0) is 31.3. The van der Waals surface area contributed by atoms with Gasteiger partial charge in [-0.2, -0.15) is 13.2 Å². The van der Waals surface area contributed by atoms with E-state index in [4.69, 9.17) is 25.4 Å². The first-order valence-electron chi connectivity index (χ1n) is 12.1. The summed E-state index contributed by atoms with van der Waals surface area (Å²) in [5.41, 5.74) is 1.87. The summed E-state index contributed by atoms with van der Waals surface area (Å²) in [7, 11) is 0. The van der Waals surface area contributed by atoms with Gasteiger partial charge < -0.3 is 30.6 Å². The molecule has 1 fully saturated rings. The summed E-state index contributed by atoms with van der Waals surface area (Å²) in [5.74, 6) is -4.17. The number of hydrogen-bond donors (Lipinski definition) is 5. The molecule has 11 nitrogen and oxygen atoms in total. The number of nitrogens with one attached hydrogen (secondary N) is 1. The zero-order valence-corrected chi connectivity index (χ0v) is 21.8. The van der Waals surface area contributed by atoms with Crippen molar-refractivity contribution in [2.75, 3.05) is 31.1 Å². The lowest BCUT2D eigenvalue weighted by atomic mass is 9.99. The van der Waals surface area contributed by atoms with Gasteiger partial charge in [0.1, 0.15) is 5.82 Å². The molecule has 4 rings (SSSR count). The van der Waals surface area contributed by atoms with Crippen LogP contribution in [0.3, 0.4) is 0 Å². The molecule has 42 heavy (non-hydrogen) atoms. The minimum Gasteiger partial charge on any atom is -0.478 e. The predicted octanol–water partition coefficient (Wildman–Crippen LogP) is 3.75. The molecule has 1 aliphatic heterocycles. The largest absolute Gasteiger partial charge is 0.478 e. The van der Waals surface area contributed by atoms with Gasteiger partial charge >= 0.3 is 30.1 Å². The van der Waals surface area contributed by atoms with Crippen LogP contribution in [0.4, 0.5) is 19.0 Å². The van der Waals surface area contributed by atoms with Crippen LogP contribution in [-0.4, -0.2) is 75.5 Å². The molecule has 0 amide bonds. The first kappa shape index (κ1) is 33.0. The minimum atomic E-state index is -4.33. The summed E-state index contributed by atoms with van der Waals surface area (Å²) in [5, 5.41) is 35.5. The Morgan fingerprint density at radius 2 is 1.24 bits per heavy atom. The molecule has 14 heteroatoms.